The van der Waals surface area contributed by atoms with E-state index in [2.05, 4.69) is 0 Å². The molecule has 0 atom stereocenters. The van der Waals surface area contributed by atoms with Crippen LogP contribution in [0.25, 0.3) is 0 Å². The molecule has 4 nitrogen and oxygen atoms in total. The van der Waals surface area contributed by atoms with Gasteiger partial charge >= 0.3 is 108 Å². The second-order valence-electron chi connectivity index (χ2n) is 0.513. The summed E-state index contributed by atoms with van der Waals surface area (Å²) in [4.78, 5) is 21.6. The molecule has 0 unspecified atom stereocenters. The standard InChI is InChI=1S/Ba.K.H3O4P.3H/c;;1-5(2,3)4;;;/h;;(H3,1,2,3,4);;;. The fourth-order valence-corrected chi connectivity index (χ4v) is 0. The van der Waals surface area contributed by atoms with Crippen LogP contribution in [0, 0.1) is 0 Å². The first-order valence-corrected chi connectivity index (χ1v) is 2.35. The van der Waals surface area contributed by atoms with Crippen LogP contribution in [-0.4, -0.2) is 115 Å². The Morgan fingerprint density at radius 1 is 1.14 bits per heavy atom. The molecule has 0 aliphatic rings. The summed E-state index contributed by atoms with van der Waals surface area (Å²) >= 11 is 0. The van der Waals surface area contributed by atoms with Crippen molar-refractivity contribution in [2.45, 2.75) is 0 Å². The van der Waals surface area contributed by atoms with Crippen molar-refractivity contribution >= 4 is 108 Å². The Morgan fingerprint density at radius 2 is 1.14 bits per heavy atom. The van der Waals surface area contributed by atoms with E-state index in [1.54, 1.807) is 0 Å². The van der Waals surface area contributed by atoms with Crippen molar-refractivity contribution < 1.29 is 19.2 Å². The molecule has 0 aliphatic carbocycles. The van der Waals surface area contributed by atoms with Gasteiger partial charge in [-0.3, -0.25) is 0 Å². The van der Waals surface area contributed by atoms with Crippen LogP contribution < -0.4 is 0 Å². The monoisotopic (exact) mass is 278 g/mol. The molecule has 0 amide bonds. The molecule has 0 saturated heterocycles. The Morgan fingerprint density at radius 3 is 1.14 bits per heavy atom. The summed E-state index contributed by atoms with van der Waals surface area (Å²) in [5, 5.41) is 0. The Kier molecular flexibility index (Phi) is 17.7. The third-order valence-corrected chi connectivity index (χ3v) is 0. The van der Waals surface area contributed by atoms with Crippen molar-refractivity contribution in [2.75, 3.05) is 0 Å². The third-order valence-electron chi connectivity index (χ3n) is 0. The van der Waals surface area contributed by atoms with Crippen LogP contribution in [-0.2, 0) is 4.57 Å². The van der Waals surface area contributed by atoms with E-state index >= 15 is 0 Å². The van der Waals surface area contributed by atoms with Crippen molar-refractivity contribution in [1.29, 1.82) is 0 Å². The average Bonchev–Trinajstić information content (AvgIpc) is 0.722. The van der Waals surface area contributed by atoms with Crippen LogP contribution in [0.4, 0.5) is 0 Å². The van der Waals surface area contributed by atoms with Crippen LogP contribution in [0.3, 0.4) is 0 Å². The van der Waals surface area contributed by atoms with Crippen molar-refractivity contribution in [2.24, 2.45) is 0 Å². The Labute approximate surface area is 124 Å². The van der Waals surface area contributed by atoms with Crippen molar-refractivity contribution in [3.63, 3.8) is 0 Å². The molecule has 0 bridgehead atoms. The van der Waals surface area contributed by atoms with Gasteiger partial charge in [0, 0.05) is 0 Å². The van der Waals surface area contributed by atoms with E-state index in [9.17, 15) is 0 Å². The van der Waals surface area contributed by atoms with Gasteiger partial charge in [0.1, 0.15) is 0 Å². The molecular formula is H6BaKO4P. The zero-order valence-corrected chi connectivity index (χ0v) is 3.09. The second-order valence-corrected chi connectivity index (χ2v) is 1.54. The summed E-state index contributed by atoms with van der Waals surface area (Å²) in [6.45, 7) is 0. The van der Waals surface area contributed by atoms with E-state index in [0.717, 1.165) is 0 Å². The Hall–Kier alpha value is 3.32. The predicted molar refractivity (Wildman–Crippen MR) is 30.0 cm³/mol. The molecule has 0 aromatic carbocycles. The summed E-state index contributed by atoms with van der Waals surface area (Å²) in [7, 11) is -4.64. The van der Waals surface area contributed by atoms with Crippen molar-refractivity contribution in [3.8, 4) is 0 Å². The van der Waals surface area contributed by atoms with Crippen molar-refractivity contribution in [3.05, 3.63) is 0 Å². The zero-order chi connectivity index (χ0) is 4.50. The molecule has 7 heavy (non-hydrogen) atoms. The van der Waals surface area contributed by atoms with Gasteiger partial charge in [-0.15, -0.1) is 0 Å². The van der Waals surface area contributed by atoms with E-state index < -0.39 is 7.82 Å². The Balaban J connectivity index is -0.0000000800. The number of hydrogen-bond acceptors (Lipinski definition) is 1. The molecule has 3 N–H and O–H groups in total. The van der Waals surface area contributed by atoms with Crippen LogP contribution in [0.2, 0.25) is 0 Å². The summed E-state index contributed by atoms with van der Waals surface area (Å²) in [6.07, 6.45) is 0. The van der Waals surface area contributed by atoms with E-state index in [-0.39, 0.29) is 100 Å². The number of phosphoric acid groups is 1. The molecule has 0 fully saturated rings. The van der Waals surface area contributed by atoms with E-state index in [1.165, 1.54) is 0 Å². The fourth-order valence-electron chi connectivity index (χ4n) is 0. The first-order valence-electron chi connectivity index (χ1n) is 0.783. The van der Waals surface area contributed by atoms with E-state index in [4.69, 9.17) is 19.2 Å². The molecular weight excluding hydrogens is 271 g/mol. The maximum absolute atomic E-state index is 8.88. The minimum atomic E-state index is -4.64. The second kappa shape index (κ2) is 7.43. The molecule has 0 rings (SSSR count). The van der Waals surface area contributed by atoms with Gasteiger partial charge in [0.05, 0.1) is 0 Å². The van der Waals surface area contributed by atoms with Crippen LogP contribution >= 0.6 is 7.82 Å². The zero-order valence-electron chi connectivity index (χ0n) is 2.20. The third kappa shape index (κ3) is 45.3. The minimum absolute atomic E-state index is 0. The normalized spacial score (nSPS) is 8.43. The first kappa shape index (κ1) is 16.7. The van der Waals surface area contributed by atoms with Gasteiger partial charge in [0.15, 0.2) is 0 Å². The van der Waals surface area contributed by atoms with Crippen LogP contribution in [0.5, 0.6) is 0 Å². The molecule has 38 valence electrons. The van der Waals surface area contributed by atoms with Gasteiger partial charge in [-0.1, -0.05) is 0 Å². The van der Waals surface area contributed by atoms with E-state index in [1.807, 2.05) is 0 Å². The maximum atomic E-state index is 8.88. The summed E-state index contributed by atoms with van der Waals surface area (Å²) in [5.41, 5.74) is 0. The topological polar surface area (TPSA) is 77.8 Å². The first-order chi connectivity index (χ1) is 2.00. The van der Waals surface area contributed by atoms with Gasteiger partial charge in [-0.25, -0.2) is 4.57 Å². The van der Waals surface area contributed by atoms with Gasteiger partial charge in [0.25, 0.3) is 0 Å². The molecule has 0 heterocycles. The van der Waals surface area contributed by atoms with Gasteiger partial charge < -0.3 is 14.7 Å². The molecule has 0 spiro atoms. The molecule has 0 aliphatic heterocycles. The SMILES string of the molecule is O=P(O)(O)O.[BaH2].[KH]. The van der Waals surface area contributed by atoms with Crippen molar-refractivity contribution in [1.82, 2.24) is 0 Å². The number of hydrogen-bond donors (Lipinski definition) is 3. The summed E-state index contributed by atoms with van der Waals surface area (Å²) in [5.74, 6) is 0. The predicted octanol–water partition coefficient (Wildman–Crippen LogP) is -2.49. The molecule has 0 aromatic heterocycles. The Bertz CT molecular complexity index is 57.8. The molecule has 0 aromatic rings. The van der Waals surface area contributed by atoms with Crippen LogP contribution in [0.1, 0.15) is 0 Å². The fraction of sp³-hybridized carbons (Fsp3) is 0. The number of rotatable bonds is 0. The van der Waals surface area contributed by atoms with Gasteiger partial charge in [0.2, 0.25) is 0 Å². The quantitative estimate of drug-likeness (QED) is 0.338. The van der Waals surface area contributed by atoms with Gasteiger partial charge in [-0.2, -0.15) is 0 Å². The average molecular weight is 277 g/mol. The molecule has 0 radical (unpaired) electrons. The molecule has 0 saturated carbocycles. The van der Waals surface area contributed by atoms with E-state index in [0.29, 0.717) is 0 Å². The molecule has 7 heteroatoms. The summed E-state index contributed by atoms with van der Waals surface area (Å²) in [6, 6.07) is 0. The van der Waals surface area contributed by atoms with Gasteiger partial charge in [-0.05, 0) is 0 Å². The summed E-state index contributed by atoms with van der Waals surface area (Å²) < 4.78 is 8.88. The van der Waals surface area contributed by atoms with Crippen LogP contribution in [0.15, 0.2) is 0 Å².